The molecule has 0 atom stereocenters. The van der Waals surface area contributed by atoms with Gasteiger partial charge in [0.25, 0.3) is 23.6 Å². The number of aryl methyl sites for hydroxylation is 2. The molecule has 135 heavy (non-hydrogen) atoms. The van der Waals surface area contributed by atoms with E-state index < -0.39 is 58.8 Å². The van der Waals surface area contributed by atoms with Crippen LogP contribution in [0.1, 0.15) is 136 Å². The molecule has 0 saturated carbocycles. The number of pyridine rings is 2. The number of aromatic amines is 4. The SMILES string of the molecule is C.C.CN(C)/C=C(/C(=O)c1ccc(Cl)cc1Cl)N1C(=O)c2ccccc2C1=O.Cc1cc(=O)c2[nH]nc(-c3ccc(Cl)cc3Cl)c2[nH]1.Cc1cc(Cl)c2n[nH]c(-c3ccc(Cl)cc3Cl)c2n1.Nc1cn[nH]c1-c1ccc(Cl)cc1Cl.O=C(CCl)c1ccc(Cl)cc1Cl.O=C(CN1C(=O)c2ccccc2C1=O)c1ccc(Cl)cc1Cl.O=C1[N-]C(=O)c2ccccc21.O=P(Cl)(Cl)Cl.[2H]C([2H])(F)CC.[K+]. The van der Waals surface area contributed by atoms with E-state index in [1.54, 1.807) is 165 Å². The van der Waals surface area contributed by atoms with Crippen LogP contribution in [0.4, 0.5) is 10.1 Å². The second-order valence-electron chi connectivity index (χ2n) is 27.3. The summed E-state index contributed by atoms with van der Waals surface area (Å²) in [5, 5.41) is 26.5. The smallest absolute Gasteiger partial charge is 0.587 e. The molecule has 3 aliphatic rings. The van der Waals surface area contributed by atoms with Gasteiger partial charge in [-0.3, -0.25) is 67.5 Å². The van der Waals surface area contributed by atoms with Crippen LogP contribution in [0.25, 0.3) is 61.2 Å². The molecule has 8 heterocycles. The third-order valence-electron chi connectivity index (χ3n) is 17.8. The van der Waals surface area contributed by atoms with Gasteiger partial charge in [-0.1, -0.05) is 221 Å². The van der Waals surface area contributed by atoms with E-state index in [-0.39, 0.29) is 134 Å². The molecular weight excluding hydrogens is 2140 g/mol. The van der Waals surface area contributed by atoms with E-state index in [1.807, 2.05) is 19.9 Å². The van der Waals surface area contributed by atoms with E-state index in [4.69, 9.17) is 171 Å². The van der Waals surface area contributed by atoms with Gasteiger partial charge in [0.1, 0.15) is 27.9 Å². The van der Waals surface area contributed by atoms with Crippen molar-refractivity contribution in [1.82, 2.24) is 55.3 Å². The number of hydrogen-bond acceptors (Lipinski definition) is 17. The molecule has 6 N–H and O–H groups in total. The Labute approximate surface area is 902 Å². The Kier molecular flexibility index (Phi) is 44.2. The predicted molar refractivity (Wildman–Crippen MR) is 541 cm³/mol. The minimum absolute atomic E-state index is 0. The Morgan fingerprint density at radius 1 is 0.496 bits per heavy atom. The van der Waals surface area contributed by atoms with Crippen molar-refractivity contribution >= 4 is 282 Å². The fourth-order valence-electron chi connectivity index (χ4n) is 12.0. The van der Waals surface area contributed by atoms with Gasteiger partial charge in [-0.15, -0.1) is 11.6 Å². The number of hydrogen-bond donors (Lipinski definition) is 5. The van der Waals surface area contributed by atoms with Crippen molar-refractivity contribution in [2.45, 2.75) is 42.0 Å². The third kappa shape index (κ3) is 30.9. The van der Waals surface area contributed by atoms with Crippen molar-refractivity contribution in [3.05, 3.63) is 355 Å². The van der Waals surface area contributed by atoms with Gasteiger partial charge in [0.05, 0.1) is 120 Å². The van der Waals surface area contributed by atoms with Crippen molar-refractivity contribution in [2.24, 2.45) is 0 Å². The van der Waals surface area contributed by atoms with Gasteiger partial charge < -0.3 is 30.5 Å². The van der Waals surface area contributed by atoms with Gasteiger partial charge in [0.2, 0.25) is 11.2 Å². The number of amides is 6. The Hall–Kier alpha value is -8.27. The minimum atomic E-state index is -3.22. The molecule has 5 aromatic heterocycles. The first-order valence-corrected chi connectivity index (χ1v) is 47.3. The molecule has 44 heteroatoms. The average Bonchev–Trinajstić information content (AvgIpc) is 1.61. The van der Waals surface area contributed by atoms with Gasteiger partial charge in [-0.25, -0.2) is 9.88 Å². The molecule has 6 amide bonds. The third-order valence-corrected chi connectivity index (χ3v) is 21.7. The molecule has 0 saturated heterocycles. The summed E-state index contributed by atoms with van der Waals surface area (Å²) in [6.45, 7) is 2.35. The number of halogens is 18. The number of nitrogen functional groups attached to an aromatic ring is 1. The normalized spacial score (nSPS) is 12.1. The van der Waals surface area contributed by atoms with Crippen LogP contribution in [0, 0.1) is 13.8 Å². The number of nitrogens with one attached hydrogen (secondary N) is 4. The molecule has 698 valence electrons. The minimum Gasteiger partial charge on any atom is -0.587 e. The number of nitrogens with two attached hydrogens (primary N) is 1. The number of ketones is 3. The van der Waals surface area contributed by atoms with Crippen LogP contribution in [-0.4, -0.2) is 141 Å². The molecule has 14 aromatic rings. The molecule has 0 aliphatic carbocycles. The standard InChI is InChI=1S/C19H14Cl2N2O3.C16H9Cl2NO3.C13H8Cl3N3.C13H9Cl2N3O.C9H7Cl2N3.C8H5Cl3O.C8H5NO2.C3H7F.2CH4.Cl3OP.K/c1-22(2)10-16(17(24)14-8-7-11(20)9-15(14)21)23-18(25)12-5-3-4-6-13(12)19(23)26;17-9-5-6-12(13(18)7-9)14(20)8-19-15(21)10-3-1-2-4-11(10)16(19)22;1-6-4-10(16)12-13(17-6)11(18-19-12)8-3-2-7(14)5-9(8)15;1-6-4-10(19)12-13(16-6)11(17-18-12)8-3-2-7(14)5-9(8)15;10-5-1-2-6(7(11)3-5)9-8(12)4-13-14-9;9-4-8(12)6-2-1-5(10)3-7(6)11;10-7-5-3-1-2-4-6(5)8(11)9-7;1-2-3-4;;;1-5(2,3)4;/h3-10H,1-2H3;1-7H,8H2;2-5H,1H3,(H,18,19);2-5H,1H3,(H,16,19)(H,17,18);1-4H,12H2,(H,13,14);1-3H,4H2;1-4H,(H,9,10,11);2-3H2,1H3;2*1H4;;/q;;;;;;;;;;;+1/p-1/b16-10-;;;;;;;;;;;/i;;;;;;;3D2;;;;. The van der Waals surface area contributed by atoms with E-state index >= 15 is 0 Å². The topological polar surface area (TPSA) is 352 Å². The monoisotopic (exact) mass is 2210 g/mol. The van der Waals surface area contributed by atoms with Crippen LogP contribution < -0.4 is 62.5 Å². The van der Waals surface area contributed by atoms with E-state index in [0.717, 1.165) is 43.6 Å². The predicted octanol–water partition coefficient (Wildman–Crippen LogP) is 26.0. The molecule has 0 spiro atoms. The fourth-order valence-corrected chi connectivity index (χ4v) is 15.5. The van der Waals surface area contributed by atoms with E-state index in [0.29, 0.717) is 122 Å². The maximum atomic E-state index is 13.1. The summed E-state index contributed by atoms with van der Waals surface area (Å²) in [4.78, 5) is 131. The zero-order chi connectivity index (χ0) is 98.8. The van der Waals surface area contributed by atoms with Gasteiger partial charge >= 0.3 is 56.6 Å². The molecule has 0 fully saturated rings. The van der Waals surface area contributed by atoms with Crippen LogP contribution in [0.3, 0.4) is 0 Å². The van der Waals surface area contributed by atoms with E-state index in [1.165, 1.54) is 61.7 Å². The first kappa shape index (κ1) is 112. The fraction of sp³-hybridized carbons (Fsp3) is 0.121. The number of nitrogens with zero attached hydrogens (tertiary/aromatic N) is 8. The van der Waals surface area contributed by atoms with E-state index in [9.17, 15) is 56.9 Å². The summed E-state index contributed by atoms with van der Waals surface area (Å²) in [5.74, 6) is -4.12. The molecule has 0 radical (unpaired) electrons. The first-order chi connectivity index (χ1) is 63.1. The molecule has 0 unspecified atom stereocenters. The van der Waals surface area contributed by atoms with E-state index in [2.05, 4.69) is 79.6 Å². The number of aromatic nitrogens is 8. The van der Waals surface area contributed by atoms with Gasteiger partial charge in [-0.2, -0.15) is 15.3 Å². The van der Waals surface area contributed by atoms with Crippen molar-refractivity contribution in [2.75, 3.05) is 38.9 Å². The number of carbonyl (C=O) groups excluding carboxylic acids is 9. The van der Waals surface area contributed by atoms with Gasteiger partial charge in [0.15, 0.2) is 11.6 Å². The van der Waals surface area contributed by atoms with Gasteiger partial charge in [-0.05, 0) is 194 Å². The summed E-state index contributed by atoms with van der Waals surface area (Å²) in [5.41, 5.74) is 17.2. The Balaban J connectivity index is 0.000000243. The van der Waals surface area contributed by atoms with Crippen molar-refractivity contribution in [1.29, 1.82) is 0 Å². The zero-order valence-electron chi connectivity index (χ0n) is 71.1. The Morgan fingerprint density at radius 3 is 1.29 bits per heavy atom. The average molecular weight is 2220 g/mol. The van der Waals surface area contributed by atoms with Crippen LogP contribution in [0.15, 0.2) is 217 Å². The number of rotatable bonds is 13. The number of anilines is 1. The number of allylic oxidation sites excluding steroid dienone is 1. The van der Waals surface area contributed by atoms with Crippen LogP contribution in [0.5, 0.6) is 0 Å². The van der Waals surface area contributed by atoms with Crippen LogP contribution in [-0.2, 0) is 4.57 Å². The largest absolute Gasteiger partial charge is 1.00 e. The first-order valence-electron chi connectivity index (χ1n) is 38.5. The molecular formula is C91H71Cl17FKN13O11P. The number of imide groups is 3. The van der Waals surface area contributed by atoms with Crippen LogP contribution >= 0.6 is 201 Å². The Morgan fingerprint density at radius 2 is 0.889 bits per heavy atom. The summed E-state index contributed by atoms with van der Waals surface area (Å²) < 4.78 is 33.3. The number of alkyl halides is 2. The maximum Gasteiger partial charge on any atom is 1.00 e. The summed E-state index contributed by atoms with van der Waals surface area (Å²) >= 11 is 96.5. The number of carbonyl (C=O) groups is 9. The second kappa shape index (κ2) is 53.2. The van der Waals surface area contributed by atoms with Crippen molar-refractivity contribution in [3.63, 3.8) is 0 Å². The molecule has 3 aliphatic heterocycles. The molecule has 17 rings (SSSR count). The summed E-state index contributed by atoms with van der Waals surface area (Å²) in [6.07, 6.45) is 2.90. The quantitative estimate of drug-likeness (QED) is 0.0179. The maximum absolute atomic E-state index is 13.1. The summed E-state index contributed by atoms with van der Waals surface area (Å²) in [7, 11) is 3.38. The van der Waals surface area contributed by atoms with Gasteiger partial charge in [0, 0.05) is 112 Å². The zero-order valence-corrected chi connectivity index (χ0v) is 86.0. The van der Waals surface area contributed by atoms with Crippen molar-refractivity contribution < 1.29 is 106 Å². The number of benzene rings is 9. The molecule has 24 nitrogen and oxygen atoms in total. The van der Waals surface area contributed by atoms with Crippen LogP contribution in [0.2, 0.25) is 65.3 Å². The number of Topliss-reactive ketones (excluding diaryl/α,β-unsaturated/α-hetero) is 3. The summed E-state index contributed by atoms with van der Waals surface area (Å²) in [6, 6.07) is 52.1. The molecule has 0 bridgehead atoms. The van der Waals surface area contributed by atoms with Crippen molar-refractivity contribution in [3.8, 4) is 33.8 Å². The Bertz CT molecular complexity index is 6960. The molecule has 9 aromatic carbocycles. The second-order valence-corrected chi connectivity index (χ2v) is 39.7. The number of H-pyrrole nitrogens is 4. The number of fused-ring (bicyclic) bond motifs is 5.